The smallest absolute Gasteiger partial charge is 0.222 e. The van der Waals surface area contributed by atoms with Crippen molar-refractivity contribution in [2.75, 3.05) is 19.1 Å². The highest BCUT2D eigenvalue weighted by Crippen LogP contribution is 2.34. The van der Waals surface area contributed by atoms with Crippen LogP contribution in [0.5, 0.6) is 0 Å². The number of sulfone groups is 1. The number of hydrogen-bond acceptors (Lipinski definition) is 7. The van der Waals surface area contributed by atoms with Crippen molar-refractivity contribution in [1.82, 2.24) is 0 Å². The molecule has 0 aromatic rings. The van der Waals surface area contributed by atoms with Gasteiger partial charge < -0.3 is 0 Å². The predicted octanol–water partition coefficient (Wildman–Crippen LogP) is 0.0697. The molecule has 0 spiro atoms. The Balaban J connectivity index is 5.01. The molecule has 0 aliphatic rings. The summed E-state index contributed by atoms with van der Waals surface area (Å²) < 4.78 is 63.5. The fourth-order valence-corrected chi connectivity index (χ4v) is 4.46. The maximum absolute atomic E-state index is 11.2. The van der Waals surface area contributed by atoms with Gasteiger partial charge in [0.2, 0.25) is 9.84 Å². The predicted molar refractivity (Wildman–Crippen MR) is 53.8 cm³/mol. The Morgan fingerprint density at radius 2 is 1.67 bits per heavy atom. The van der Waals surface area contributed by atoms with Crippen LogP contribution in [0.15, 0.2) is 0 Å². The van der Waals surface area contributed by atoms with E-state index in [-0.39, 0.29) is 6.61 Å². The monoisotopic (exact) mass is 279 g/mol. The fraction of sp³-hybridized carbons (Fsp3) is 1.00. The average molecular weight is 279 g/mol. The summed E-state index contributed by atoms with van der Waals surface area (Å²) in [6, 6.07) is 0. The fourth-order valence-electron chi connectivity index (χ4n) is 0.600. The molecule has 90 valence electrons. The maximum atomic E-state index is 11.2. The van der Waals surface area contributed by atoms with Gasteiger partial charge in [-0.15, -0.1) is 4.52 Å². The molecule has 2 atom stereocenters. The average Bonchev–Trinajstić information content (AvgIpc) is 1.97. The summed E-state index contributed by atoms with van der Waals surface area (Å²) >= 11 is 0. The minimum Gasteiger partial charge on any atom is -0.222 e. The van der Waals surface area contributed by atoms with Gasteiger partial charge in [-0.3, -0.25) is 0 Å². The van der Waals surface area contributed by atoms with Crippen molar-refractivity contribution in [2.24, 2.45) is 0 Å². The van der Waals surface area contributed by atoms with E-state index in [0.29, 0.717) is 6.26 Å². The van der Waals surface area contributed by atoms with Crippen molar-refractivity contribution in [1.29, 1.82) is 0 Å². The zero-order chi connectivity index (χ0) is 12.3. The summed E-state index contributed by atoms with van der Waals surface area (Å²) in [5.74, 6) is 0. The Hall–Kier alpha value is -0.0800. The first kappa shape index (κ1) is 14.9. The Labute approximate surface area is 89.7 Å². The van der Waals surface area contributed by atoms with E-state index >= 15 is 0 Å². The van der Waals surface area contributed by atoms with E-state index in [2.05, 4.69) is 8.71 Å². The van der Waals surface area contributed by atoms with Gasteiger partial charge in [-0.1, -0.05) is 0 Å². The first-order valence-electron chi connectivity index (χ1n) is 3.74. The van der Waals surface area contributed by atoms with Crippen LogP contribution in [0.1, 0.15) is 6.92 Å². The highest BCUT2D eigenvalue weighted by molar-refractivity contribution is 7.97. The van der Waals surface area contributed by atoms with Crippen LogP contribution in [0.4, 0.5) is 0 Å². The molecule has 2 unspecified atom stereocenters. The first-order valence-corrected chi connectivity index (χ1v) is 8.76. The van der Waals surface area contributed by atoms with Gasteiger partial charge in [0.05, 0.1) is 12.9 Å². The SMILES string of the molecule is CCO[P+](=O)C(OS(C)(=O)=O)S(C)(=O)=O. The van der Waals surface area contributed by atoms with Crippen LogP contribution in [0.3, 0.4) is 0 Å². The van der Waals surface area contributed by atoms with E-state index in [1.165, 1.54) is 6.92 Å². The van der Waals surface area contributed by atoms with Crippen LogP contribution < -0.4 is 0 Å². The van der Waals surface area contributed by atoms with Gasteiger partial charge in [0.25, 0.3) is 10.1 Å². The normalized spacial score (nSPS) is 16.1. The lowest BCUT2D eigenvalue weighted by molar-refractivity contribution is 0.290. The number of hydrogen-bond donors (Lipinski definition) is 0. The topological polar surface area (TPSA) is 104 Å². The van der Waals surface area contributed by atoms with Crippen LogP contribution in [-0.4, -0.2) is 41.1 Å². The van der Waals surface area contributed by atoms with E-state index in [9.17, 15) is 21.4 Å². The summed E-state index contributed by atoms with van der Waals surface area (Å²) in [7, 11) is -10.7. The van der Waals surface area contributed by atoms with E-state index < -0.39 is 33.2 Å². The van der Waals surface area contributed by atoms with Crippen LogP contribution in [0, 0.1) is 0 Å². The Morgan fingerprint density at radius 1 is 1.20 bits per heavy atom. The van der Waals surface area contributed by atoms with Crippen LogP contribution >= 0.6 is 8.03 Å². The first-order chi connectivity index (χ1) is 6.58. The molecule has 0 amide bonds. The van der Waals surface area contributed by atoms with Gasteiger partial charge in [-0.05, 0) is 11.5 Å². The minimum atomic E-state index is -4.01. The lowest BCUT2D eigenvalue weighted by Crippen LogP contribution is -2.23. The second-order valence-corrected chi connectivity index (χ2v) is 7.98. The molecule has 0 aromatic heterocycles. The summed E-state index contributed by atoms with van der Waals surface area (Å²) in [6.45, 7) is 1.49. The van der Waals surface area contributed by atoms with Crippen LogP contribution in [0.25, 0.3) is 0 Å². The molecule has 10 heteroatoms. The Bertz CT molecular complexity index is 422. The quantitative estimate of drug-likeness (QED) is 0.500. The molecule has 7 nitrogen and oxygen atoms in total. The van der Waals surface area contributed by atoms with Gasteiger partial charge in [-0.2, -0.15) is 8.42 Å². The third kappa shape index (κ3) is 6.16. The van der Waals surface area contributed by atoms with Crippen LogP contribution in [0.2, 0.25) is 0 Å². The highest BCUT2D eigenvalue weighted by atomic mass is 32.2. The van der Waals surface area contributed by atoms with Crippen molar-refractivity contribution in [3.8, 4) is 0 Å². The lowest BCUT2D eigenvalue weighted by Gasteiger charge is -2.03. The molecule has 15 heavy (non-hydrogen) atoms. The molecule has 0 aliphatic heterocycles. The third-order valence-electron chi connectivity index (χ3n) is 1.05. The summed E-state index contributed by atoms with van der Waals surface area (Å²) in [5, 5.41) is -1.98. The minimum absolute atomic E-state index is 0.00561. The van der Waals surface area contributed by atoms with Gasteiger partial charge in [-0.25, -0.2) is 12.6 Å². The van der Waals surface area contributed by atoms with E-state index in [1.807, 2.05) is 0 Å². The molecule has 0 heterocycles. The van der Waals surface area contributed by atoms with Crippen molar-refractivity contribution in [3.63, 3.8) is 0 Å². The second kappa shape index (κ2) is 5.31. The molecule has 0 fully saturated rings. The molecule has 0 bridgehead atoms. The molecular formula is C5H12O7PS2+. The highest BCUT2D eigenvalue weighted by Gasteiger charge is 2.45. The van der Waals surface area contributed by atoms with Gasteiger partial charge in [0, 0.05) is 6.26 Å². The zero-order valence-corrected chi connectivity index (χ0v) is 10.9. The van der Waals surface area contributed by atoms with Gasteiger partial charge in [0.1, 0.15) is 0 Å². The molecule has 0 aliphatic carbocycles. The summed E-state index contributed by atoms with van der Waals surface area (Å²) in [5.41, 5.74) is 0. The van der Waals surface area contributed by atoms with E-state index in [0.717, 1.165) is 6.26 Å². The summed E-state index contributed by atoms with van der Waals surface area (Å²) in [4.78, 5) is 0. The van der Waals surface area contributed by atoms with E-state index in [1.54, 1.807) is 0 Å². The third-order valence-corrected chi connectivity index (χ3v) is 5.31. The van der Waals surface area contributed by atoms with E-state index in [4.69, 9.17) is 0 Å². The van der Waals surface area contributed by atoms with Crippen molar-refractivity contribution in [2.45, 2.75) is 12.1 Å². The molecule has 0 N–H and O–H groups in total. The number of rotatable bonds is 6. The zero-order valence-electron chi connectivity index (χ0n) is 8.41. The lowest BCUT2D eigenvalue weighted by atomic mass is 10.9. The molecule has 0 radical (unpaired) electrons. The van der Waals surface area contributed by atoms with Gasteiger partial charge >= 0.3 is 13.2 Å². The van der Waals surface area contributed by atoms with Crippen molar-refractivity contribution < 1.29 is 30.1 Å². The van der Waals surface area contributed by atoms with Crippen LogP contribution in [-0.2, 0) is 33.2 Å². The molecule has 0 rings (SSSR count). The Kier molecular flexibility index (Phi) is 5.28. The molecule has 0 aromatic carbocycles. The summed E-state index contributed by atoms with van der Waals surface area (Å²) in [6.07, 6.45) is 1.38. The van der Waals surface area contributed by atoms with Crippen molar-refractivity contribution in [3.05, 3.63) is 0 Å². The Morgan fingerprint density at radius 3 is 1.93 bits per heavy atom. The molecule has 0 saturated carbocycles. The van der Waals surface area contributed by atoms with Crippen molar-refractivity contribution >= 4 is 28.0 Å². The van der Waals surface area contributed by atoms with Gasteiger partial charge in [0.15, 0.2) is 0 Å². The second-order valence-electron chi connectivity index (χ2n) is 2.64. The molecule has 0 saturated heterocycles. The molecular weight excluding hydrogens is 267 g/mol. The largest absolute Gasteiger partial charge is 0.558 e. The standard InChI is InChI=1S/C5H12O7PS2/c1-4-11-13(6)5(14(2,7)8)12-15(3,9)10/h5H,4H2,1-3H3/q+1. The maximum Gasteiger partial charge on any atom is 0.558 e.